The standard InChI is InChI=1S/C29H29N5O2S/c30-37(35)28-13-12-25(24-6-2-3-7-26(24)28)27-19-32-34-20-22(18-31-29(27)34)21-8-10-23(11-9-21)36-17-16-33-14-4-1-5-15-33/h2-3,6-13,18-20H,1,4-5,14-17,30H2. The van der Waals surface area contributed by atoms with Gasteiger partial charge in [0, 0.05) is 35.5 Å². The summed E-state index contributed by atoms with van der Waals surface area (Å²) in [6, 6.07) is 19.7. The minimum atomic E-state index is -1.56. The molecular formula is C29H29N5O2S. The van der Waals surface area contributed by atoms with E-state index in [1.807, 2.05) is 67.1 Å². The summed E-state index contributed by atoms with van der Waals surface area (Å²) < 4.78 is 19.8. The summed E-state index contributed by atoms with van der Waals surface area (Å²) in [5.74, 6) is 0.880. The Labute approximate surface area is 219 Å². The van der Waals surface area contributed by atoms with Gasteiger partial charge in [0.1, 0.15) is 12.4 Å². The van der Waals surface area contributed by atoms with E-state index in [2.05, 4.69) is 22.1 Å². The Bertz CT molecular complexity index is 1530. The Kier molecular flexibility index (Phi) is 6.80. The van der Waals surface area contributed by atoms with E-state index in [1.165, 1.54) is 32.4 Å². The molecule has 1 unspecified atom stereocenters. The summed E-state index contributed by atoms with van der Waals surface area (Å²) in [5, 5.41) is 12.1. The predicted octanol–water partition coefficient (Wildman–Crippen LogP) is 5.06. The van der Waals surface area contributed by atoms with E-state index in [4.69, 9.17) is 14.9 Å². The lowest BCUT2D eigenvalue weighted by Gasteiger charge is -2.26. The topological polar surface area (TPSA) is 91.7 Å². The first kappa shape index (κ1) is 23.9. The molecule has 3 aromatic carbocycles. The third kappa shape index (κ3) is 4.93. The molecule has 0 amide bonds. The number of piperidine rings is 1. The van der Waals surface area contributed by atoms with Crippen LogP contribution >= 0.6 is 0 Å². The Balaban J connectivity index is 1.22. The van der Waals surface area contributed by atoms with E-state index in [9.17, 15) is 4.55 Å². The largest absolute Gasteiger partial charge is 0.593 e. The van der Waals surface area contributed by atoms with Gasteiger partial charge in [-0.3, -0.25) is 4.90 Å². The molecule has 0 saturated carbocycles. The highest BCUT2D eigenvalue weighted by atomic mass is 32.2. The third-order valence-corrected chi connectivity index (χ3v) is 7.85. The molecule has 37 heavy (non-hydrogen) atoms. The number of hydrogen-bond acceptors (Lipinski definition) is 6. The predicted molar refractivity (Wildman–Crippen MR) is 148 cm³/mol. The Morgan fingerprint density at radius 1 is 0.865 bits per heavy atom. The monoisotopic (exact) mass is 511 g/mol. The van der Waals surface area contributed by atoms with Crippen molar-refractivity contribution in [3.05, 3.63) is 79.3 Å². The Morgan fingerprint density at radius 2 is 1.65 bits per heavy atom. The quantitative estimate of drug-likeness (QED) is 0.307. The molecule has 3 heterocycles. The van der Waals surface area contributed by atoms with Gasteiger partial charge in [0.05, 0.1) is 17.6 Å². The van der Waals surface area contributed by atoms with Crippen molar-refractivity contribution < 1.29 is 9.29 Å². The summed E-state index contributed by atoms with van der Waals surface area (Å²) in [6.07, 6.45) is 9.63. The van der Waals surface area contributed by atoms with Gasteiger partial charge in [-0.2, -0.15) is 5.10 Å². The molecule has 0 bridgehead atoms. The lowest BCUT2D eigenvalue weighted by molar-refractivity contribution is 0.183. The molecule has 0 aliphatic carbocycles. The van der Waals surface area contributed by atoms with E-state index < -0.39 is 11.4 Å². The van der Waals surface area contributed by atoms with Gasteiger partial charge in [-0.1, -0.05) is 36.8 Å². The molecule has 1 aliphatic heterocycles. The van der Waals surface area contributed by atoms with Crippen LogP contribution in [0.25, 0.3) is 38.7 Å². The van der Waals surface area contributed by atoms with E-state index in [1.54, 1.807) is 4.52 Å². The molecule has 1 atom stereocenters. The highest BCUT2D eigenvalue weighted by Crippen LogP contribution is 2.34. The van der Waals surface area contributed by atoms with Crippen molar-refractivity contribution in [1.82, 2.24) is 19.5 Å². The maximum atomic E-state index is 12.0. The first-order chi connectivity index (χ1) is 18.2. The van der Waals surface area contributed by atoms with Gasteiger partial charge in [-0.15, -0.1) is 5.14 Å². The van der Waals surface area contributed by atoms with Crippen LogP contribution in [0.15, 0.2) is 84.1 Å². The second-order valence-electron chi connectivity index (χ2n) is 9.40. The van der Waals surface area contributed by atoms with Crippen LogP contribution in [-0.2, 0) is 11.4 Å². The fraction of sp³-hybridized carbons (Fsp3) is 0.241. The maximum absolute atomic E-state index is 12.0. The van der Waals surface area contributed by atoms with Crippen molar-refractivity contribution in [2.45, 2.75) is 24.2 Å². The minimum Gasteiger partial charge on any atom is -0.593 e. The molecule has 1 fully saturated rings. The van der Waals surface area contributed by atoms with Crippen LogP contribution in [0.2, 0.25) is 0 Å². The highest BCUT2D eigenvalue weighted by molar-refractivity contribution is 7.89. The maximum Gasteiger partial charge on any atom is 0.181 e. The van der Waals surface area contributed by atoms with Gasteiger partial charge in [0.2, 0.25) is 0 Å². The first-order valence-electron chi connectivity index (χ1n) is 12.6. The number of rotatable bonds is 7. The van der Waals surface area contributed by atoms with Gasteiger partial charge in [-0.05, 0) is 72.8 Å². The number of ether oxygens (including phenoxy) is 1. The second-order valence-corrected chi connectivity index (χ2v) is 10.4. The van der Waals surface area contributed by atoms with E-state index in [-0.39, 0.29) is 0 Å². The highest BCUT2D eigenvalue weighted by Gasteiger charge is 2.17. The number of likely N-dealkylation sites (tertiary alicyclic amines) is 1. The average Bonchev–Trinajstić information content (AvgIpc) is 3.36. The Morgan fingerprint density at radius 3 is 2.43 bits per heavy atom. The smallest absolute Gasteiger partial charge is 0.181 e. The summed E-state index contributed by atoms with van der Waals surface area (Å²) in [6.45, 7) is 4.05. The van der Waals surface area contributed by atoms with Gasteiger partial charge in [0.25, 0.3) is 0 Å². The summed E-state index contributed by atoms with van der Waals surface area (Å²) in [4.78, 5) is 7.86. The molecule has 1 saturated heterocycles. The lowest BCUT2D eigenvalue weighted by atomic mass is 10.00. The summed E-state index contributed by atoms with van der Waals surface area (Å²) in [7, 11) is 0. The number of nitrogens with two attached hydrogens (primary N) is 1. The average molecular weight is 512 g/mol. The van der Waals surface area contributed by atoms with Crippen LogP contribution in [0.5, 0.6) is 5.75 Å². The van der Waals surface area contributed by atoms with Gasteiger partial charge < -0.3 is 9.29 Å². The van der Waals surface area contributed by atoms with Crippen LogP contribution < -0.4 is 9.88 Å². The molecule has 2 aromatic heterocycles. The van der Waals surface area contributed by atoms with Crippen molar-refractivity contribution >= 4 is 27.8 Å². The number of hydrogen-bond donors (Lipinski definition) is 1. The summed E-state index contributed by atoms with van der Waals surface area (Å²) in [5.41, 5.74) is 4.67. The number of fused-ring (bicyclic) bond motifs is 2. The van der Waals surface area contributed by atoms with Gasteiger partial charge in [0.15, 0.2) is 10.5 Å². The van der Waals surface area contributed by atoms with Crippen LogP contribution in [0.1, 0.15) is 19.3 Å². The molecule has 6 rings (SSSR count). The van der Waals surface area contributed by atoms with Gasteiger partial charge in [-0.25, -0.2) is 9.50 Å². The second kappa shape index (κ2) is 10.5. The lowest BCUT2D eigenvalue weighted by Crippen LogP contribution is -2.33. The fourth-order valence-electron chi connectivity index (χ4n) is 5.11. The van der Waals surface area contributed by atoms with Gasteiger partial charge >= 0.3 is 0 Å². The SMILES string of the molecule is N[S+]([O-])c1ccc(-c2cnn3cc(-c4ccc(OCCN5CCCCC5)cc4)cnc23)c2ccccc12. The van der Waals surface area contributed by atoms with Crippen molar-refractivity contribution in [1.29, 1.82) is 0 Å². The number of nitrogens with zero attached hydrogens (tertiary/aromatic N) is 4. The minimum absolute atomic E-state index is 0.616. The number of benzene rings is 3. The summed E-state index contributed by atoms with van der Waals surface area (Å²) >= 11 is -1.56. The zero-order valence-electron chi connectivity index (χ0n) is 20.5. The molecule has 1 aliphatic rings. The molecule has 0 spiro atoms. The van der Waals surface area contributed by atoms with Crippen molar-refractivity contribution in [3.8, 4) is 28.0 Å². The van der Waals surface area contributed by atoms with Crippen LogP contribution in [0.4, 0.5) is 0 Å². The first-order valence-corrected chi connectivity index (χ1v) is 13.9. The third-order valence-electron chi connectivity index (χ3n) is 7.06. The van der Waals surface area contributed by atoms with Crippen LogP contribution in [0.3, 0.4) is 0 Å². The fourth-order valence-corrected chi connectivity index (χ4v) is 5.71. The van der Waals surface area contributed by atoms with Crippen LogP contribution in [-0.4, -0.2) is 50.3 Å². The zero-order valence-corrected chi connectivity index (χ0v) is 21.4. The molecule has 7 nitrogen and oxygen atoms in total. The molecule has 0 radical (unpaired) electrons. The van der Waals surface area contributed by atoms with Crippen molar-refractivity contribution in [3.63, 3.8) is 0 Å². The zero-order chi connectivity index (χ0) is 25.2. The molecule has 2 N–H and O–H groups in total. The van der Waals surface area contributed by atoms with Crippen molar-refractivity contribution in [2.75, 3.05) is 26.2 Å². The molecule has 8 heteroatoms. The number of aromatic nitrogens is 3. The Hall–Kier alpha value is -3.43. The molecule has 5 aromatic rings. The van der Waals surface area contributed by atoms with E-state index >= 15 is 0 Å². The van der Waals surface area contributed by atoms with Crippen LogP contribution in [0, 0.1) is 0 Å². The van der Waals surface area contributed by atoms with E-state index in [0.29, 0.717) is 11.5 Å². The van der Waals surface area contributed by atoms with E-state index in [0.717, 1.165) is 51.0 Å². The van der Waals surface area contributed by atoms with Crippen molar-refractivity contribution in [2.24, 2.45) is 5.14 Å². The molecule has 188 valence electrons. The normalized spacial score (nSPS) is 15.3. The molecular weight excluding hydrogens is 482 g/mol.